The maximum Gasteiger partial charge on any atom is 0.0852 e. The average molecular weight is 284 g/mol. The zero-order chi connectivity index (χ0) is 14.7. The minimum atomic E-state index is -0.269. The second-order valence-corrected chi connectivity index (χ2v) is 6.44. The van der Waals surface area contributed by atoms with E-state index in [1.165, 1.54) is 12.0 Å². The summed E-state index contributed by atoms with van der Waals surface area (Å²) in [7, 11) is 0. The van der Waals surface area contributed by atoms with Gasteiger partial charge < -0.3 is 10.1 Å². The molecule has 112 valence electrons. The van der Waals surface area contributed by atoms with Crippen molar-refractivity contribution in [1.29, 1.82) is 5.26 Å². The largest absolute Gasteiger partial charge is 0.378 e. The zero-order valence-corrected chi connectivity index (χ0v) is 12.7. The van der Waals surface area contributed by atoms with E-state index in [4.69, 9.17) is 4.74 Å². The molecule has 2 unspecified atom stereocenters. The number of nitrogens with one attached hydrogen (secondary N) is 1. The fraction of sp³-hybridized carbons (Fsp3) is 0.611. The molecule has 2 atom stereocenters. The summed E-state index contributed by atoms with van der Waals surface area (Å²) >= 11 is 0. The van der Waals surface area contributed by atoms with E-state index >= 15 is 0 Å². The molecule has 0 radical (unpaired) electrons. The first-order valence-electron chi connectivity index (χ1n) is 8.09. The molecular weight excluding hydrogens is 260 g/mol. The first-order valence-corrected chi connectivity index (χ1v) is 8.09. The van der Waals surface area contributed by atoms with Crippen LogP contribution in [0, 0.1) is 17.2 Å². The van der Waals surface area contributed by atoms with Gasteiger partial charge in [-0.15, -0.1) is 0 Å². The fourth-order valence-corrected chi connectivity index (χ4v) is 3.77. The number of nitrogens with zero attached hydrogens (tertiary/aromatic N) is 1. The van der Waals surface area contributed by atoms with Gasteiger partial charge in [-0.3, -0.25) is 0 Å². The highest BCUT2D eigenvalue weighted by molar-refractivity contribution is 5.36. The van der Waals surface area contributed by atoms with Crippen LogP contribution in [0.25, 0.3) is 0 Å². The van der Waals surface area contributed by atoms with Crippen LogP contribution in [0.1, 0.15) is 38.2 Å². The van der Waals surface area contributed by atoms with E-state index in [9.17, 15) is 5.26 Å². The van der Waals surface area contributed by atoms with Gasteiger partial charge in [0.1, 0.15) is 0 Å². The van der Waals surface area contributed by atoms with Gasteiger partial charge in [0.25, 0.3) is 0 Å². The van der Waals surface area contributed by atoms with Crippen molar-refractivity contribution in [2.24, 2.45) is 5.92 Å². The number of benzene rings is 1. The van der Waals surface area contributed by atoms with Crippen LogP contribution < -0.4 is 5.32 Å². The summed E-state index contributed by atoms with van der Waals surface area (Å²) in [5.41, 5.74) is 0.899. The summed E-state index contributed by atoms with van der Waals surface area (Å²) in [6.45, 7) is 4.13. The van der Waals surface area contributed by atoms with Crippen molar-refractivity contribution in [2.75, 3.05) is 13.2 Å². The van der Waals surface area contributed by atoms with Crippen molar-refractivity contribution in [3.05, 3.63) is 35.9 Å². The molecule has 1 saturated heterocycles. The van der Waals surface area contributed by atoms with Gasteiger partial charge >= 0.3 is 0 Å². The lowest BCUT2D eigenvalue weighted by Crippen LogP contribution is -2.52. The van der Waals surface area contributed by atoms with Crippen LogP contribution in [0.15, 0.2) is 30.3 Å². The van der Waals surface area contributed by atoms with Crippen molar-refractivity contribution in [3.8, 4) is 6.07 Å². The molecule has 3 heteroatoms. The summed E-state index contributed by atoms with van der Waals surface area (Å²) < 4.78 is 5.74. The molecule has 1 aromatic rings. The number of nitriles is 1. The van der Waals surface area contributed by atoms with Crippen molar-refractivity contribution in [2.45, 2.75) is 50.2 Å². The fourth-order valence-electron chi connectivity index (χ4n) is 3.77. The second kappa shape index (κ2) is 6.17. The molecule has 0 amide bonds. The second-order valence-electron chi connectivity index (χ2n) is 6.44. The lowest BCUT2D eigenvalue weighted by Gasteiger charge is -2.44. The van der Waals surface area contributed by atoms with Gasteiger partial charge in [-0.05, 0) is 37.2 Å². The SMILES string of the molecule is CCC1OCCC1CNC1CC(C#N)(c2ccccc2)C1. The standard InChI is InChI=1S/C18H24N2O/c1-2-17-14(8-9-21-17)12-20-16-10-18(11-16,13-19)15-6-4-3-5-7-15/h3-7,14,16-17,20H,2,8-12H2,1H3. The molecule has 1 aromatic carbocycles. The highest BCUT2D eigenvalue weighted by Crippen LogP contribution is 2.43. The summed E-state index contributed by atoms with van der Waals surface area (Å²) in [5.74, 6) is 0.642. The molecule has 1 N–H and O–H groups in total. The normalized spacial score (nSPS) is 35.1. The quantitative estimate of drug-likeness (QED) is 0.904. The average Bonchev–Trinajstić information content (AvgIpc) is 2.95. The van der Waals surface area contributed by atoms with E-state index in [-0.39, 0.29) is 5.41 Å². The predicted octanol–water partition coefficient (Wildman–Crippen LogP) is 3.02. The van der Waals surface area contributed by atoms with E-state index in [1.807, 2.05) is 18.2 Å². The maximum absolute atomic E-state index is 9.57. The first kappa shape index (κ1) is 14.6. The third-order valence-corrected chi connectivity index (χ3v) is 5.15. The van der Waals surface area contributed by atoms with Crippen molar-refractivity contribution in [3.63, 3.8) is 0 Å². The van der Waals surface area contributed by atoms with Gasteiger partial charge in [-0.2, -0.15) is 5.26 Å². The molecule has 1 saturated carbocycles. The monoisotopic (exact) mass is 284 g/mol. The first-order chi connectivity index (χ1) is 10.3. The Kier molecular flexibility index (Phi) is 4.28. The molecule has 3 nitrogen and oxygen atoms in total. The van der Waals surface area contributed by atoms with Gasteiger partial charge in [0.2, 0.25) is 0 Å². The van der Waals surface area contributed by atoms with Crippen LogP contribution in [0.4, 0.5) is 0 Å². The Morgan fingerprint density at radius 3 is 2.76 bits per heavy atom. The molecule has 2 fully saturated rings. The predicted molar refractivity (Wildman–Crippen MR) is 82.9 cm³/mol. The molecule has 3 rings (SSSR count). The van der Waals surface area contributed by atoms with E-state index < -0.39 is 0 Å². The van der Waals surface area contributed by atoms with E-state index in [0.717, 1.165) is 32.4 Å². The van der Waals surface area contributed by atoms with Crippen molar-refractivity contribution >= 4 is 0 Å². The molecule has 0 spiro atoms. The van der Waals surface area contributed by atoms with Gasteiger partial charge in [0, 0.05) is 19.2 Å². The lowest BCUT2D eigenvalue weighted by atomic mass is 9.62. The van der Waals surface area contributed by atoms with Crippen LogP contribution in [-0.2, 0) is 10.2 Å². The summed E-state index contributed by atoms with van der Waals surface area (Å²) in [5, 5.41) is 13.2. The van der Waals surface area contributed by atoms with Crippen molar-refractivity contribution in [1.82, 2.24) is 5.32 Å². The van der Waals surface area contributed by atoms with Gasteiger partial charge in [0.15, 0.2) is 0 Å². The van der Waals surface area contributed by atoms with Crippen LogP contribution in [-0.4, -0.2) is 25.3 Å². The van der Waals surface area contributed by atoms with Gasteiger partial charge in [0.05, 0.1) is 17.6 Å². The zero-order valence-electron chi connectivity index (χ0n) is 12.7. The Hall–Kier alpha value is -1.37. The molecule has 21 heavy (non-hydrogen) atoms. The number of hydrogen-bond acceptors (Lipinski definition) is 3. The summed E-state index contributed by atoms with van der Waals surface area (Å²) in [4.78, 5) is 0. The van der Waals surface area contributed by atoms with Gasteiger partial charge in [-0.25, -0.2) is 0 Å². The van der Waals surface area contributed by atoms with Crippen LogP contribution in [0.5, 0.6) is 0 Å². The van der Waals surface area contributed by atoms with Gasteiger partial charge in [-0.1, -0.05) is 37.3 Å². The number of ether oxygens (including phenoxy) is 1. The summed E-state index contributed by atoms with van der Waals surface area (Å²) in [6.07, 6.45) is 4.55. The molecular formula is C18H24N2O. The van der Waals surface area contributed by atoms with Crippen LogP contribution in [0.3, 0.4) is 0 Å². The number of hydrogen-bond donors (Lipinski definition) is 1. The Morgan fingerprint density at radius 1 is 1.33 bits per heavy atom. The highest BCUT2D eigenvalue weighted by atomic mass is 16.5. The summed E-state index contributed by atoms with van der Waals surface area (Å²) in [6, 6.07) is 13.2. The Labute approximate surface area is 127 Å². The van der Waals surface area contributed by atoms with E-state index in [1.54, 1.807) is 0 Å². The molecule has 1 aliphatic heterocycles. The third kappa shape index (κ3) is 2.84. The van der Waals surface area contributed by atoms with Crippen LogP contribution in [0.2, 0.25) is 0 Å². The van der Waals surface area contributed by atoms with E-state index in [2.05, 4.69) is 30.4 Å². The number of rotatable bonds is 5. The molecule has 1 heterocycles. The molecule has 0 bridgehead atoms. The van der Waals surface area contributed by atoms with Crippen molar-refractivity contribution < 1.29 is 4.74 Å². The van der Waals surface area contributed by atoms with Crippen LogP contribution >= 0.6 is 0 Å². The Morgan fingerprint density at radius 2 is 2.10 bits per heavy atom. The van der Waals surface area contributed by atoms with E-state index in [0.29, 0.717) is 18.1 Å². The third-order valence-electron chi connectivity index (χ3n) is 5.15. The topological polar surface area (TPSA) is 45.0 Å². The molecule has 1 aliphatic carbocycles. The minimum Gasteiger partial charge on any atom is -0.378 e. The Balaban J connectivity index is 1.52. The smallest absolute Gasteiger partial charge is 0.0852 e. The highest BCUT2D eigenvalue weighted by Gasteiger charge is 2.46. The Bertz CT molecular complexity index is 502. The maximum atomic E-state index is 9.57. The minimum absolute atomic E-state index is 0.269. The molecule has 0 aromatic heterocycles. The molecule has 2 aliphatic rings. The lowest BCUT2D eigenvalue weighted by molar-refractivity contribution is 0.0844.